The quantitative estimate of drug-likeness (QED) is 0.281. The van der Waals surface area contributed by atoms with Gasteiger partial charge in [-0.1, -0.05) is 6.07 Å². The van der Waals surface area contributed by atoms with E-state index in [0.717, 1.165) is 35.2 Å². The van der Waals surface area contributed by atoms with Crippen LogP contribution in [0.5, 0.6) is 23.0 Å². The lowest BCUT2D eigenvalue weighted by molar-refractivity contribution is -0.404. The van der Waals surface area contributed by atoms with Gasteiger partial charge in [0.2, 0.25) is 5.75 Å². The Kier molecular flexibility index (Phi) is 11.3. The molecule has 0 saturated heterocycles. The van der Waals surface area contributed by atoms with Gasteiger partial charge in [-0.2, -0.15) is 4.37 Å². The highest BCUT2D eigenvalue weighted by molar-refractivity contribution is 7.04. The van der Waals surface area contributed by atoms with Gasteiger partial charge in [-0.3, -0.25) is 4.79 Å². The van der Waals surface area contributed by atoms with Gasteiger partial charge in [0.15, 0.2) is 17.5 Å². The van der Waals surface area contributed by atoms with Crippen LogP contribution in [0.25, 0.3) is 22.4 Å². The fourth-order valence-electron chi connectivity index (χ4n) is 3.74. The van der Waals surface area contributed by atoms with E-state index >= 15 is 0 Å². The highest BCUT2D eigenvalue weighted by Gasteiger charge is 2.21. The average Bonchev–Trinajstić information content (AvgIpc) is 3.37. The van der Waals surface area contributed by atoms with E-state index in [2.05, 4.69) is 15.4 Å². The summed E-state index contributed by atoms with van der Waals surface area (Å²) < 4.78 is 26.6. The van der Waals surface area contributed by atoms with Crippen LogP contribution < -0.4 is 48.1 Å². The van der Waals surface area contributed by atoms with Crippen LogP contribution in [-0.4, -0.2) is 51.3 Å². The van der Waals surface area contributed by atoms with E-state index in [-0.39, 0.29) is 24.4 Å². The predicted molar refractivity (Wildman–Crippen MR) is 137 cm³/mol. The first-order chi connectivity index (χ1) is 17.0. The van der Waals surface area contributed by atoms with Crippen LogP contribution in [0.1, 0.15) is 19.3 Å². The van der Waals surface area contributed by atoms with E-state index in [1.807, 2.05) is 35.7 Å². The number of hydrogen-bond donors (Lipinski definition) is 3. The number of aromatic nitrogens is 1. The number of ether oxygens (including phenoxy) is 4. The van der Waals surface area contributed by atoms with Crippen LogP contribution in [-0.2, 0) is 4.79 Å². The number of amides is 1. The Labute approximate surface area is 221 Å². The molecule has 0 aliphatic carbocycles. The van der Waals surface area contributed by atoms with Gasteiger partial charge >= 0.3 is 0 Å². The largest absolute Gasteiger partial charge is 1.00 e. The van der Waals surface area contributed by atoms with Gasteiger partial charge in [0.05, 0.1) is 39.8 Å². The second-order valence-corrected chi connectivity index (χ2v) is 8.51. The van der Waals surface area contributed by atoms with Gasteiger partial charge in [0.1, 0.15) is 5.75 Å². The molecule has 9 nitrogen and oxygen atoms in total. The number of unbranched alkanes of at least 4 members (excludes halogenated alkanes) is 1. The molecule has 0 spiro atoms. The first kappa shape index (κ1) is 29.2. The summed E-state index contributed by atoms with van der Waals surface area (Å²) in [6.07, 6.45) is 2.39. The molecule has 1 heterocycles. The summed E-state index contributed by atoms with van der Waals surface area (Å²) in [5.74, 6) is 2.00. The Morgan fingerprint density at radius 3 is 2.25 bits per heavy atom. The van der Waals surface area contributed by atoms with E-state index in [0.29, 0.717) is 41.7 Å². The van der Waals surface area contributed by atoms with Gasteiger partial charge in [0.25, 0.3) is 5.91 Å². The normalized spacial score (nSPS) is 11.3. The molecule has 0 saturated carbocycles. The van der Waals surface area contributed by atoms with Crippen molar-refractivity contribution in [3.05, 3.63) is 35.7 Å². The summed E-state index contributed by atoms with van der Waals surface area (Å²) in [4.78, 5) is 12.8. The molecule has 0 bridgehead atoms. The smallest absolute Gasteiger partial charge is 0.282 e. The van der Waals surface area contributed by atoms with Crippen LogP contribution in [0.2, 0.25) is 0 Å². The van der Waals surface area contributed by atoms with Gasteiger partial charge in [-0.05, 0) is 60.7 Å². The third kappa shape index (κ3) is 6.58. The zero-order valence-corrected chi connectivity index (χ0v) is 22.5. The standard InChI is InChI=1S/C25H32N4O5S.ClH/c1-31-20-9-8-15(11-19(20)28-25(30)18(27)7-5-6-10-26)17-14-35-29-23(17)16-12-21(32-2)24(34-4)22(13-16)33-3;/h8-9,11-14,18H,5-7,10,26-27H2,1-4H3,(H,28,30);1H/t18-;/m0./s1. The molecule has 0 aliphatic heterocycles. The molecule has 6 N–H and O–H groups in total. The first-order valence-corrected chi connectivity index (χ1v) is 12.1. The second-order valence-electron chi connectivity index (χ2n) is 7.88. The zero-order valence-electron chi connectivity index (χ0n) is 20.9. The molecule has 0 aliphatic rings. The van der Waals surface area contributed by atoms with E-state index < -0.39 is 0 Å². The van der Waals surface area contributed by atoms with Crippen LogP contribution in [0.15, 0.2) is 35.7 Å². The number of nitrogens with one attached hydrogen (secondary N) is 1. The van der Waals surface area contributed by atoms with Crippen LogP contribution in [0.3, 0.4) is 0 Å². The van der Waals surface area contributed by atoms with Gasteiger partial charge in [-0.15, -0.1) is 0 Å². The van der Waals surface area contributed by atoms with Gasteiger partial charge in [0, 0.05) is 22.9 Å². The number of rotatable bonds is 12. The van der Waals surface area contributed by atoms with E-state index in [4.69, 9.17) is 24.7 Å². The van der Waals surface area contributed by atoms with Gasteiger partial charge < -0.3 is 48.1 Å². The molecule has 1 aromatic heterocycles. The van der Waals surface area contributed by atoms with E-state index in [1.54, 1.807) is 28.4 Å². The minimum atomic E-state index is -0.382. The summed E-state index contributed by atoms with van der Waals surface area (Å²) in [6.45, 7) is 0.604. The molecule has 3 aromatic rings. The summed E-state index contributed by atoms with van der Waals surface area (Å²) in [6, 6.07) is 8.99. The van der Waals surface area contributed by atoms with Crippen molar-refractivity contribution in [2.24, 2.45) is 5.73 Å². The maximum atomic E-state index is 12.8. The Bertz CT molecular complexity index is 1130. The first-order valence-electron chi connectivity index (χ1n) is 11.2. The Hall–Kier alpha value is -3.05. The molecule has 0 unspecified atom stereocenters. The molecule has 36 heavy (non-hydrogen) atoms. The fraction of sp³-hybridized carbons (Fsp3) is 0.360. The minimum Gasteiger partial charge on any atom is -1.00 e. The predicted octanol–water partition coefficient (Wildman–Crippen LogP) is 0.194. The zero-order chi connectivity index (χ0) is 25.4. The van der Waals surface area contributed by atoms with E-state index in [1.165, 1.54) is 11.5 Å². The maximum Gasteiger partial charge on any atom is 0.282 e. The van der Waals surface area contributed by atoms with Crippen LogP contribution >= 0.6 is 11.5 Å². The molecular weight excluding hydrogens is 504 g/mol. The molecule has 3 rings (SSSR count). The summed E-state index contributed by atoms with van der Waals surface area (Å²) in [5.41, 5.74) is 13.5. The number of hydrogen-bond acceptors (Lipinski definition) is 8. The Morgan fingerprint density at radius 2 is 1.67 bits per heavy atom. The SMILES string of the molecule is COc1ccc(-c2csnc2-c2cc(OC)c(OC)c(OC)c2)cc1NC(=O)[C@@H]([NH3+])CCCCN.[Cl-]. The van der Waals surface area contributed by atoms with Crippen LogP contribution in [0, 0.1) is 0 Å². The van der Waals surface area contributed by atoms with Crippen LogP contribution in [0.4, 0.5) is 5.69 Å². The van der Waals surface area contributed by atoms with Crippen molar-refractivity contribution < 1.29 is 41.9 Å². The average molecular weight is 537 g/mol. The number of quaternary nitrogens is 1. The number of nitrogens with zero attached hydrogens (tertiary/aromatic N) is 1. The van der Waals surface area contributed by atoms with Crippen molar-refractivity contribution in [1.29, 1.82) is 0 Å². The number of methoxy groups -OCH3 is 4. The van der Waals surface area contributed by atoms with Crippen molar-refractivity contribution in [2.75, 3.05) is 40.3 Å². The van der Waals surface area contributed by atoms with Crippen molar-refractivity contribution in [2.45, 2.75) is 25.3 Å². The van der Waals surface area contributed by atoms with Crippen molar-refractivity contribution in [1.82, 2.24) is 4.37 Å². The number of benzene rings is 2. The lowest BCUT2D eigenvalue weighted by atomic mass is 10.0. The molecular formula is C25H33ClN4O5S. The minimum absolute atomic E-state index is 0. The summed E-state index contributed by atoms with van der Waals surface area (Å²) >= 11 is 1.34. The number of anilines is 1. The molecule has 1 atom stereocenters. The number of halogens is 1. The lowest BCUT2D eigenvalue weighted by Crippen LogP contribution is -3.00. The number of carbonyl (C=O) groups is 1. The lowest BCUT2D eigenvalue weighted by Gasteiger charge is -2.15. The Morgan fingerprint density at radius 1 is 1.00 bits per heavy atom. The molecule has 11 heteroatoms. The highest BCUT2D eigenvalue weighted by atomic mass is 35.5. The molecule has 196 valence electrons. The molecule has 2 aromatic carbocycles. The highest BCUT2D eigenvalue weighted by Crippen LogP contribution is 2.44. The van der Waals surface area contributed by atoms with E-state index in [9.17, 15) is 4.79 Å². The second kappa shape index (κ2) is 13.9. The molecule has 1 amide bonds. The number of carbonyl (C=O) groups excluding carboxylic acids is 1. The summed E-state index contributed by atoms with van der Waals surface area (Å²) in [7, 11) is 6.29. The summed E-state index contributed by atoms with van der Waals surface area (Å²) in [5, 5.41) is 4.93. The third-order valence-corrected chi connectivity index (χ3v) is 6.28. The monoisotopic (exact) mass is 536 g/mol. The van der Waals surface area contributed by atoms with Crippen molar-refractivity contribution in [3.8, 4) is 45.4 Å². The van der Waals surface area contributed by atoms with Crippen molar-refractivity contribution in [3.63, 3.8) is 0 Å². The number of nitrogens with two attached hydrogens (primary N) is 1. The van der Waals surface area contributed by atoms with Crippen molar-refractivity contribution >= 4 is 23.1 Å². The molecule has 0 fully saturated rings. The maximum absolute atomic E-state index is 12.8. The van der Waals surface area contributed by atoms with Gasteiger partial charge in [-0.25, -0.2) is 0 Å². The third-order valence-electron chi connectivity index (χ3n) is 5.65. The molecule has 0 radical (unpaired) electrons. The fourth-order valence-corrected chi connectivity index (χ4v) is 4.46. The Balaban J connectivity index is 0.00000456. The topological polar surface area (TPSA) is 133 Å².